The summed E-state index contributed by atoms with van der Waals surface area (Å²) in [6.07, 6.45) is 2.25. The first-order valence-electron chi connectivity index (χ1n) is 7.74. The summed E-state index contributed by atoms with van der Waals surface area (Å²) in [5.41, 5.74) is 3.59. The van der Waals surface area contributed by atoms with E-state index in [1.807, 2.05) is 6.07 Å². The van der Waals surface area contributed by atoms with Crippen molar-refractivity contribution in [2.75, 3.05) is 5.32 Å². The van der Waals surface area contributed by atoms with Crippen LogP contribution in [0.4, 0.5) is 5.69 Å². The van der Waals surface area contributed by atoms with Crippen LogP contribution in [0.1, 0.15) is 44.4 Å². The predicted molar refractivity (Wildman–Crippen MR) is 87.9 cm³/mol. The first-order valence-corrected chi connectivity index (χ1v) is 7.74. The Kier molecular flexibility index (Phi) is 3.62. The summed E-state index contributed by atoms with van der Waals surface area (Å²) < 4.78 is 6.12. The van der Waals surface area contributed by atoms with Gasteiger partial charge in [0.25, 0.3) is 0 Å². The van der Waals surface area contributed by atoms with Crippen LogP contribution in [0.3, 0.4) is 0 Å². The molecule has 0 aromatic heterocycles. The van der Waals surface area contributed by atoms with Gasteiger partial charge in [0.2, 0.25) is 0 Å². The van der Waals surface area contributed by atoms with Crippen molar-refractivity contribution < 1.29 is 4.74 Å². The molecule has 2 heteroatoms. The molecule has 1 aliphatic heterocycles. The Morgan fingerprint density at radius 1 is 1.05 bits per heavy atom. The molecule has 0 spiro atoms. The zero-order valence-corrected chi connectivity index (χ0v) is 13.0. The minimum absolute atomic E-state index is 0.173. The van der Waals surface area contributed by atoms with Gasteiger partial charge in [-0.1, -0.05) is 49.7 Å². The van der Waals surface area contributed by atoms with Crippen LogP contribution in [0.5, 0.6) is 5.75 Å². The van der Waals surface area contributed by atoms with E-state index in [-0.39, 0.29) is 11.6 Å². The number of rotatable bonds is 4. The molecule has 1 aliphatic rings. The van der Waals surface area contributed by atoms with Crippen molar-refractivity contribution in [1.82, 2.24) is 0 Å². The van der Waals surface area contributed by atoms with E-state index in [9.17, 15) is 0 Å². The number of nitrogens with one attached hydrogen (secondary N) is 1. The smallest absolute Gasteiger partial charge is 0.128 e. The highest BCUT2D eigenvalue weighted by Crippen LogP contribution is 2.44. The van der Waals surface area contributed by atoms with Gasteiger partial charge in [0.05, 0.1) is 6.04 Å². The highest BCUT2D eigenvalue weighted by molar-refractivity contribution is 5.56. The molecule has 0 aliphatic carbocycles. The Hall–Kier alpha value is -1.96. The van der Waals surface area contributed by atoms with Gasteiger partial charge in [-0.3, -0.25) is 0 Å². The summed E-state index contributed by atoms with van der Waals surface area (Å²) in [7, 11) is 0. The van der Waals surface area contributed by atoms with Gasteiger partial charge in [0.15, 0.2) is 0 Å². The maximum atomic E-state index is 6.12. The topological polar surface area (TPSA) is 21.3 Å². The normalized spacial score (nSPS) is 18.9. The molecule has 0 saturated carbocycles. The Morgan fingerprint density at radius 3 is 2.57 bits per heavy atom. The molecule has 110 valence electrons. The zero-order valence-electron chi connectivity index (χ0n) is 13.0. The summed E-state index contributed by atoms with van der Waals surface area (Å²) in [5, 5.41) is 3.72. The van der Waals surface area contributed by atoms with E-state index < -0.39 is 0 Å². The fraction of sp³-hybridized carbons (Fsp3) is 0.368. The third-order valence-electron chi connectivity index (χ3n) is 4.13. The van der Waals surface area contributed by atoms with Crippen molar-refractivity contribution in [2.24, 2.45) is 0 Å². The molecule has 3 rings (SSSR count). The van der Waals surface area contributed by atoms with E-state index in [2.05, 4.69) is 68.6 Å². The number of para-hydroxylation sites is 2. The van der Waals surface area contributed by atoms with Crippen molar-refractivity contribution in [2.45, 2.75) is 45.3 Å². The number of benzene rings is 2. The van der Waals surface area contributed by atoms with Crippen molar-refractivity contribution in [3.8, 4) is 5.75 Å². The number of hydrogen-bond acceptors (Lipinski definition) is 2. The van der Waals surface area contributed by atoms with Gasteiger partial charge in [0.1, 0.15) is 11.4 Å². The Labute approximate surface area is 127 Å². The second-order valence-corrected chi connectivity index (χ2v) is 6.23. The van der Waals surface area contributed by atoms with E-state index >= 15 is 0 Å². The maximum Gasteiger partial charge on any atom is 0.128 e. The lowest BCUT2D eigenvalue weighted by Crippen LogP contribution is -2.35. The highest BCUT2D eigenvalue weighted by Gasteiger charge is 2.41. The second-order valence-electron chi connectivity index (χ2n) is 6.23. The minimum Gasteiger partial charge on any atom is -0.485 e. The average molecular weight is 281 g/mol. The van der Waals surface area contributed by atoms with Crippen LogP contribution in [0.15, 0.2) is 48.5 Å². The summed E-state index contributed by atoms with van der Waals surface area (Å²) in [6.45, 7) is 6.51. The van der Waals surface area contributed by atoms with Crippen molar-refractivity contribution in [1.29, 1.82) is 0 Å². The first kappa shape index (κ1) is 14.0. The first-order chi connectivity index (χ1) is 10.1. The summed E-state index contributed by atoms with van der Waals surface area (Å²) >= 11 is 0. The van der Waals surface area contributed by atoms with Crippen LogP contribution in [0, 0.1) is 0 Å². The molecule has 0 fully saturated rings. The van der Waals surface area contributed by atoms with E-state index in [0.717, 1.165) is 18.6 Å². The lowest BCUT2D eigenvalue weighted by atomic mass is 9.93. The molecular weight excluding hydrogens is 258 g/mol. The standard InChI is InChI=1S/C19H23NO/c1-4-9-14-10-5-7-12-16(14)20-18-15-11-6-8-13-17(15)21-19(18,2)3/h5-8,10-13,18,20H,4,9H2,1-3H3. The molecule has 2 nitrogen and oxygen atoms in total. The number of fused-ring (bicyclic) bond motifs is 1. The Morgan fingerprint density at radius 2 is 1.76 bits per heavy atom. The summed E-state index contributed by atoms with van der Waals surface area (Å²) in [4.78, 5) is 0. The highest BCUT2D eigenvalue weighted by atomic mass is 16.5. The number of ether oxygens (including phenoxy) is 1. The van der Waals surface area contributed by atoms with Crippen molar-refractivity contribution in [3.63, 3.8) is 0 Å². The van der Waals surface area contributed by atoms with Crippen molar-refractivity contribution >= 4 is 5.69 Å². The van der Waals surface area contributed by atoms with Gasteiger partial charge in [-0.05, 0) is 38.0 Å². The molecule has 1 unspecified atom stereocenters. The average Bonchev–Trinajstić information content (AvgIpc) is 2.72. The largest absolute Gasteiger partial charge is 0.485 e. The van der Waals surface area contributed by atoms with E-state index in [4.69, 9.17) is 4.74 Å². The molecule has 1 N–H and O–H groups in total. The molecule has 2 aromatic rings. The van der Waals surface area contributed by atoms with Crippen LogP contribution < -0.4 is 10.1 Å². The summed E-state index contributed by atoms with van der Waals surface area (Å²) in [6, 6.07) is 17.1. The fourth-order valence-electron chi connectivity index (χ4n) is 3.08. The van der Waals surface area contributed by atoms with Crippen molar-refractivity contribution in [3.05, 3.63) is 59.7 Å². The third kappa shape index (κ3) is 2.63. The van der Waals surface area contributed by atoms with Gasteiger partial charge >= 0.3 is 0 Å². The van der Waals surface area contributed by atoms with E-state index in [1.54, 1.807) is 0 Å². The van der Waals surface area contributed by atoms with E-state index in [1.165, 1.54) is 16.8 Å². The van der Waals surface area contributed by atoms with Crippen LogP contribution >= 0.6 is 0 Å². The Balaban J connectivity index is 1.94. The molecule has 0 radical (unpaired) electrons. The van der Waals surface area contributed by atoms with Crippen LogP contribution in [-0.2, 0) is 6.42 Å². The van der Waals surface area contributed by atoms with Crippen LogP contribution in [0.2, 0.25) is 0 Å². The second kappa shape index (κ2) is 5.44. The predicted octanol–water partition coefficient (Wildman–Crippen LogP) is 4.96. The number of hydrogen-bond donors (Lipinski definition) is 1. The van der Waals surface area contributed by atoms with Crippen LogP contribution in [-0.4, -0.2) is 5.60 Å². The van der Waals surface area contributed by atoms with Gasteiger partial charge in [-0.2, -0.15) is 0 Å². The quantitative estimate of drug-likeness (QED) is 0.855. The molecule has 2 aromatic carbocycles. The molecule has 1 atom stereocenters. The lowest BCUT2D eigenvalue weighted by molar-refractivity contribution is 0.118. The Bertz CT molecular complexity index is 633. The SMILES string of the molecule is CCCc1ccccc1NC1c2ccccc2OC1(C)C. The molecule has 0 saturated heterocycles. The molecule has 21 heavy (non-hydrogen) atoms. The maximum absolute atomic E-state index is 6.12. The number of aryl methyl sites for hydroxylation is 1. The molecular formula is C19H23NO. The third-order valence-corrected chi connectivity index (χ3v) is 4.13. The number of anilines is 1. The molecule has 0 amide bonds. The van der Waals surface area contributed by atoms with Crippen LogP contribution in [0.25, 0.3) is 0 Å². The van der Waals surface area contributed by atoms with Gasteiger partial charge in [0, 0.05) is 11.3 Å². The van der Waals surface area contributed by atoms with Gasteiger partial charge < -0.3 is 10.1 Å². The fourth-order valence-corrected chi connectivity index (χ4v) is 3.08. The van der Waals surface area contributed by atoms with Gasteiger partial charge in [-0.15, -0.1) is 0 Å². The monoisotopic (exact) mass is 281 g/mol. The minimum atomic E-state index is -0.247. The van der Waals surface area contributed by atoms with Gasteiger partial charge in [-0.25, -0.2) is 0 Å². The summed E-state index contributed by atoms with van der Waals surface area (Å²) in [5.74, 6) is 0.993. The zero-order chi connectivity index (χ0) is 14.9. The van der Waals surface area contributed by atoms with E-state index in [0.29, 0.717) is 0 Å². The lowest BCUT2D eigenvalue weighted by Gasteiger charge is -2.29. The molecule has 0 bridgehead atoms. The molecule has 1 heterocycles.